The van der Waals surface area contributed by atoms with Gasteiger partial charge in [-0.1, -0.05) is 24.3 Å². The predicted molar refractivity (Wildman–Crippen MR) is 66.0 cm³/mol. The van der Waals surface area contributed by atoms with E-state index in [0.29, 0.717) is 5.92 Å². The van der Waals surface area contributed by atoms with E-state index in [1.165, 1.54) is 16.7 Å². The van der Waals surface area contributed by atoms with Crippen LogP contribution in [0.4, 0.5) is 5.69 Å². The molecule has 2 aliphatic heterocycles. The van der Waals surface area contributed by atoms with Crippen molar-refractivity contribution in [1.29, 1.82) is 0 Å². The first-order valence-electron chi connectivity index (χ1n) is 5.74. The largest absolute Gasteiger partial charge is 0.312 e. The molecule has 0 bridgehead atoms. The van der Waals surface area contributed by atoms with Gasteiger partial charge in [0, 0.05) is 30.1 Å². The number of hydrogen-bond donors (Lipinski definition) is 1. The summed E-state index contributed by atoms with van der Waals surface area (Å²) >= 11 is 0. The number of hydrogen-bond acceptors (Lipinski definition) is 2. The Hall–Kier alpha value is -1.67. The molecule has 1 fully saturated rings. The predicted octanol–water partition coefficient (Wildman–Crippen LogP) is 2.32. The van der Waals surface area contributed by atoms with Gasteiger partial charge in [-0.05, 0) is 17.7 Å². The van der Waals surface area contributed by atoms with Crippen molar-refractivity contribution in [3.63, 3.8) is 0 Å². The van der Waals surface area contributed by atoms with Crippen LogP contribution in [-0.4, -0.2) is 18.8 Å². The number of benzene rings is 1. The number of nitrogens with one attached hydrogen (secondary N) is 1. The highest BCUT2D eigenvalue weighted by Gasteiger charge is 2.31. The molecule has 78 valence electrons. The molecule has 0 amide bonds. The van der Waals surface area contributed by atoms with Crippen molar-refractivity contribution in [3.05, 3.63) is 47.6 Å². The molecule has 1 unspecified atom stereocenters. The van der Waals surface area contributed by atoms with Crippen LogP contribution < -0.4 is 5.32 Å². The maximum atomic E-state index is 4.68. The summed E-state index contributed by atoms with van der Waals surface area (Å²) < 4.78 is 0. The molecule has 3 aliphatic rings. The second-order valence-electron chi connectivity index (χ2n) is 4.51. The summed E-state index contributed by atoms with van der Waals surface area (Å²) in [6.07, 6.45) is 4.46. The minimum atomic E-state index is 0.583. The van der Waals surface area contributed by atoms with E-state index in [1.807, 2.05) is 0 Å². The third-order valence-electron chi connectivity index (χ3n) is 3.61. The van der Waals surface area contributed by atoms with E-state index in [4.69, 9.17) is 0 Å². The number of allylic oxidation sites excluding steroid dienone is 2. The molecule has 1 saturated heterocycles. The molecular formula is C14H12N2. The summed E-state index contributed by atoms with van der Waals surface area (Å²) in [5.74, 6) is 0.583. The number of aliphatic imine (C=N–C) groups is 1. The van der Waals surface area contributed by atoms with Crippen LogP contribution in [0.5, 0.6) is 0 Å². The van der Waals surface area contributed by atoms with E-state index in [2.05, 4.69) is 46.7 Å². The highest BCUT2D eigenvalue weighted by Crippen LogP contribution is 2.41. The molecule has 1 aromatic carbocycles. The van der Waals surface area contributed by atoms with Crippen LogP contribution in [0.1, 0.15) is 5.56 Å². The lowest BCUT2D eigenvalue weighted by atomic mass is 9.86. The first kappa shape index (κ1) is 8.48. The summed E-state index contributed by atoms with van der Waals surface area (Å²) in [6, 6.07) is 8.43. The molecule has 0 saturated carbocycles. The normalized spacial score (nSPS) is 25.2. The van der Waals surface area contributed by atoms with Gasteiger partial charge >= 0.3 is 0 Å². The number of para-hydroxylation sites is 1. The van der Waals surface area contributed by atoms with Gasteiger partial charge in [0.1, 0.15) is 0 Å². The maximum absolute atomic E-state index is 4.68. The number of nitrogens with zero attached hydrogens (tertiary/aromatic N) is 1. The maximum Gasteiger partial charge on any atom is 0.0716 e. The Morgan fingerprint density at radius 2 is 2.19 bits per heavy atom. The van der Waals surface area contributed by atoms with Crippen molar-refractivity contribution in [1.82, 2.24) is 5.32 Å². The molecule has 1 N–H and O–H groups in total. The average Bonchev–Trinajstić information content (AvgIpc) is 2.91. The van der Waals surface area contributed by atoms with Gasteiger partial charge in [0.25, 0.3) is 0 Å². The first-order chi connectivity index (χ1) is 7.93. The Bertz CT molecular complexity index is 564. The molecule has 1 aromatic rings. The van der Waals surface area contributed by atoms with Gasteiger partial charge in [-0.15, -0.1) is 0 Å². The lowest BCUT2D eigenvalue weighted by molar-refractivity contribution is 0.779. The summed E-state index contributed by atoms with van der Waals surface area (Å²) in [7, 11) is 0. The fourth-order valence-electron chi connectivity index (χ4n) is 2.85. The van der Waals surface area contributed by atoms with Gasteiger partial charge in [0.2, 0.25) is 0 Å². The monoisotopic (exact) mass is 208 g/mol. The van der Waals surface area contributed by atoms with E-state index >= 15 is 0 Å². The first-order valence-corrected chi connectivity index (χ1v) is 5.74. The second-order valence-corrected chi connectivity index (χ2v) is 4.51. The van der Waals surface area contributed by atoms with Crippen LogP contribution >= 0.6 is 0 Å². The molecule has 0 aromatic heterocycles. The van der Waals surface area contributed by atoms with Gasteiger partial charge < -0.3 is 5.32 Å². The van der Waals surface area contributed by atoms with Gasteiger partial charge in [-0.2, -0.15) is 0 Å². The summed E-state index contributed by atoms with van der Waals surface area (Å²) in [5.41, 5.74) is 6.48. The molecule has 2 heteroatoms. The van der Waals surface area contributed by atoms with Crippen molar-refractivity contribution in [2.24, 2.45) is 10.9 Å². The van der Waals surface area contributed by atoms with Crippen molar-refractivity contribution in [3.8, 4) is 0 Å². The van der Waals surface area contributed by atoms with Gasteiger partial charge in [0.05, 0.1) is 11.4 Å². The Labute approximate surface area is 94.4 Å². The molecule has 0 spiro atoms. The zero-order valence-electron chi connectivity index (χ0n) is 8.90. The quantitative estimate of drug-likeness (QED) is 0.695. The second kappa shape index (κ2) is 2.92. The van der Waals surface area contributed by atoms with E-state index in [1.54, 1.807) is 0 Å². The zero-order valence-corrected chi connectivity index (χ0v) is 8.90. The van der Waals surface area contributed by atoms with Crippen LogP contribution in [0.2, 0.25) is 0 Å². The Morgan fingerprint density at radius 3 is 3.19 bits per heavy atom. The van der Waals surface area contributed by atoms with E-state index in [0.717, 1.165) is 24.5 Å². The standard InChI is InChI=1S/C14H12N2/c1-2-4-12-10(3-1)14-11-8-15-7-9(11)5-6-13(14)16-12/h1-6,9,15H,7-8H2. The smallest absolute Gasteiger partial charge is 0.0716 e. The fourth-order valence-corrected chi connectivity index (χ4v) is 2.85. The van der Waals surface area contributed by atoms with Crippen LogP contribution in [0, 0.1) is 5.92 Å². The van der Waals surface area contributed by atoms with Gasteiger partial charge in [0.15, 0.2) is 0 Å². The molecule has 2 nitrogen and oxygen atoms in total. The van der Waals surface area contributed by atoms with Crippen LogP contribution in [0.25, 0.3) is 5.57 Å². The lowest BCUT2D eigenvalue weighted by Gasteiger charge is -2.15. The number of rotatable bonds is 0. The summed E-state index contributed by atoms with van der Waals surface area (Å²) in [4.78, 5) is 4.68. The zero-order chi connectivity index (χ0) is 10.5. The SMILES string of the molecule is C1=CC2CNCC2=C2C1=Nc1ccccc12. The van der Waals surface area contributed by atoms with Crippen LogP contribution in [-0.2, 0) is 0 Å². The van der Waals surface area contributed by atoms with Crippen molar-refractivity contribution < 1.29 is 0 Å². The van der Waals surface area contributed by atoms with Crippen molar-refractivity contribution >= 4 is 17.0 Å². The van der Waals surface area contributed by atoms with Crippen molar-refractivity contribution in [2.75, 3.05) is 13.1 Å². The van der Waals surface area contributed by atoms with E-state index < -0.39 is 0 Å². The summed E-state index contributed by atoms with van der Waals surface area (Å²) in [6.45, 7) is 2.09. The molecule has 1 aliphatic carbocycles. The van der Waals surface area contributed by atoms with Crippen LogP contribution in [0.3, 0.4) is 0 Å². The molecule has 4 rings (SSSR count). The highest BCUT2D eigenvalue weighted by atomic mass is 14.9. The third-order valence-corrected chi connectivity index (χ3v) is 3.61. The van der Waals surface area contributed by atoms with E-state index in [9.17, 15) is 0 Å². The minimum Gasteiger partial charge on any atom is -0.312 e. The molecule has 16 heavy (non-hydrogen) atoms. The molecule has 1 atom stereocenters. The Morgan fingerprint density at radius 1 is 1.25 bits per heavy atom. The third kappa shape index (κ3) is 0.973. The molecular weight excluding hydrogens is 196 g/mol. The van der Waals surface area contributed by atoms with Crippen molar-refractivity contribution in [2.45, 2.75) is 0 Å². The summed E-state index contributed by atoms with van der Waals surface area (Å²) in [5, 5.41) is 3.44. The molecule has 0 radical (unpaired) electrons. The molecule has 2 heterocycles. The van der Waals surface area contributed by atoms with E-state index in [-0.39, 0.29) is 0 Å². The lowest BCUT2D eigenvalue weighted by Crippen LogP contribution is -2.10. The van der Waals surface area contributed by atoms with Crippen LogP contribution in [0.15, 0.2) is 47.0 Å². The van der Waals surface area contributed by atoms with Gasteiger partial charge in [-0.3, -0.25) is 0 Å². The topological polar surface area (TPSA) is 24.4 Å². The fraction of sp³-hybridized carbons (Fsp3) is 0.214. The number of fused-ring (bicyclic) bond motifs is 4. The van der Waals surface area contributed by atoms with Gasteiger partial charge in [-0.25, -0.2) is 4.99 Å². The Balaban J connectivity index is 2.01. The average molecular weight is 208 g/mol. The highest BCUT2D eigenvalue weighted by molar-refractivity contribution is 6.35. The minimum absolute atomic E-state index is 0.583. The Kier molecular flexibility index (Phi) is 1.55.